The molecular weight excluding hydrogens is 227 g/mol. The molecular formula is C13H16F3N. The lowest BCUT2D eigenvalue weighted by atomic mass is 9.86. The van der Waals surface area contributed by atoms with Gasteiger partial charge >= 0.3 is 6.18 Å². The fraction of sp³-hybridized carbons (Fsp3) is 0.538. The van der Waals surface area contributed by atoms with Crippen LogP contribution in [0.1, 0.15) is 35.4 Å². The molecule has 1 aromatic carbocycles. The van der Waals surface area contributed by atoms with Gasteiger partial charge in [0, 0.05) is 0 Å². The summed E-state index contributed by atoms with van der Waals surface area (Å²) < 4.78 is 38.9. The number of hydrogen-bond acceptors (Lipinski definition) is 1. The highest BCUT2D eigenvalue weighted by atomic mass is 19.4. The van der Waals surface area contributed by atoms with Gasteiger partial charge in [-0.15, -0.1) is 0 Å². The van der Waals surface area contributed by atoms with Crippen LogP contribution in [-0.2, 0) is 6.18 Å². The summed E-state index contributed by atoms with van der Waals surface area (Å²) in [6.45, 7) is 3.30. The average molecular weight is 243 g/mol. The molecule has 0 aromatic heterocycles. The Bertz CT molecular complexity index is 392. The monoisotopic (exact) mass is 243 g/mol. The van der Waals surface area contributed by atoms with Gasteiger partial charge in [0.1, 0.15) is 0 Å². The SMILES string of the molecule is Cc1ccc(C2CCNCC2)c(C(F)(F)F)c1. The minimum atomic E-state index is -4.24. The van der Waals surface area contributed by atoms with E-state index in [2.05, 4.69) is 5.32 Å². The molecule has 0 bridgehead atoms. The molecule has 1 aliphatic heterocycles. The van der Waals surface area contributed by atoms with Crippen LogP contribution in [0.5, 0.6) is 0 Å². The van der Waals surface area contributed by atoms with Gasteiger partial charge in [0.2, 0.25) is 0 Å². The Morgan fingerprint density at radius 2 is 1.82 bits per heavy atom. The maximum atomic E-state index is 13.0. The van der Waals surface area contributed by atoms with Gasteiger partial charge in [-0.05, 0) is 50.4 Å². The van der Waals surface area contributed by atoms with Crippen molar-refractivity contribution in [3.63, 3.8) is 0 Å². The standard InChI is InChI=1S/C13H16F3N/c1-9-2-3-11(10-4-6-17-7-5-10)12(8-9)13(14,15)16/h2-3,8,10,17H,4-7H2,1H3. The Hall–Kier alpha value is -1.03. The van der Waals surface area contributed by atoms with E-state index in [0.29, 0.717) is 11.1 Å². The van der Waals surface area contributed by atoms with Crippen LogP contribution >= 0.6 is 0 Å². The minimum Gasteiger partial charge on any atom is -0.317 e. The number of rotatable bonds is 1. The van der Waals surface area contributed by atoms with E-state index in [4.69, 9.17) is 0 Å². The third kappa shape index (κ3) is 2.80. The predicted molar refractivity (Wildman–Crippen MR) is 61.0 cm³/mol. The summed E-state index contributed by atoms with van der Waals surface area (Å²) in [6.07, 6.45) is -2.68. The normalized spacial score (nSPS) is 18.4. The van der Waals surface area contributed by atoms with Crippen molar-refractivity contribution in [3.05, 3.63) is 34.9 Å². The van der Waals surface area contributed by atoms with Gasteiger partial charge < -0.3 is 5.32 Å². The summed E-state index contributed by atoms with van der Waals surface area (Å²) >= 11 is 0. The maximum Gasteiger partial charge on any atom is 0.416 e. The number of aryl methyl sites for hydroxylation is 1. The lowest BCUT2D eigenvalue weighted by Crippen LogP contribution is -2.27. The number of nitrogens with one attached hydrogen (secondary N) is 1. The van der Waals surface area contributed by atoms with Crippen LogP contribution in [0.25, 0.3) is 0 Å². The van der Waals surface area contributed by atoms with E-state index in [1.54, 1.807) is 19.1 Å². The van der Waals surface area contributed by atoms with Crippen LogP contribution in [0.2, 0.25) is 0 Å². The van der Waals surface area contributed by atoms with E-state index >= 15 is 0 Å². The van der Waals surface area contributed by atoms with Crippen molar-refractivity contribution in [2.75, 3.05) is 13.1 Å². The van der Waals surface area contributed by atoms with Crippen LogP contribution in [-0.4, -0.2) is 13.1 Å². The predicted octanol–water partition coefficient (Wildman–Crippen LogP) is 3.48. The first-order valence-corrected chi connectivity index (χ1v) is 5.87. The molecule has 1 nitrogen and oxygen atoms in total. The molecule has 1 fully saturated rings. The van der Waals surface area contributed by atoms with E-state index in [1.165, 1.54) is 6.07 Å². The molecule has 1 aliphatic rings. The molecule has 1 saturated heterocycles. The molecule has 1 aromatic rings. The first kappa shape index (κ1) is 12.4. The first-order valence-electron chi connectivity index (χ1n) is 5.87. The summed E-state index contributed by atoms with van der Waals surface area (Å²) in [5.74, 6) is 0.0356. The van der Waals surface area contributed by atoms with Gasteiger partial charge in [0.05, 0.1) is 5.56 Å². The zero-order chi connectivity index (χ0) is 12.5. The summed E-state index contributed by atoms with van der Waals surface area (Å²) in [5.41, 5.74) is 0.670. The van der Waals surface area contributed by atoms with Crippen LogP contribution in [0.4, 0.5) is 13.2 Å². The van der Waals surface area contributed by atoms with Gasteiger partial charge in [0.25, 0.3) is 0 Å². The summed E-state index contributed by atoms with van der Waals surface area (Å²) in [7, 11) is 0. The molecule has 1 N–H and O–H groups in total. The zero-order valence-electron chi connectivity index (χ0n) is 9.77. The van der Waals surface area contributed by atoms with Crippen molar-refractivity contribution in [2.45, 2.75) is 31.9 Å². The van der Waals surface area contributed by atoms with Crippen LogP contribution < -0.4 is 5.32 Å². The highest BCUT2D eigenvalue weighted by Gasteiger charge is 2.35. The Labute approximate surface area is 99.0 Å². The number of piperidine rings is 1. The van der Waals surface area contributed by atoms with E-state index < -0.39 is 11.7 Å². The number of hydrogen-bond donors (Lipinski definition) is 1. The Morgan fingerprint density at radius 1 is 1.18 bits per heavy atom. The van der Waals surface area contributed by atoms with Crippen molar-refractivity contribution >= 4 is 0 Å². The van der Waals surface area contributed by atoms with Gasteiger partial charge in [-0.1, -0.05) is 17.7 Å². The molecule has 0 radical (unpaired) electrons. The van der Waals surface area contributed by atoms with Gasteiger partial charge in [-0.3, -0.25) is 0 Å². The molecule has 4 heteroatoms. The minimum absolute atomic E-state index is 0.0356. The first-order chi connectivity index (χ1) is 7.98. The molecule has 0 aliphatic carbocycles. The number of halogens is 3. The van der Waals surface area contributed by atoms with Gasteiger partial charge in [-0.2, -0.15) is 13.2 Å². The molecule has 0 saturated carbocycles. The Balaban J connectivity index is 2.38. The largest absolute Gasteiger partial charge is 0.416 e. The Morgan fingerprint density at radius 3 is 2.41 bits per heavy atom. The molecule has 94 valence electrons. The molecule has 0 spiro atoms. The zero-order valence-corrected chi connectivity index (χ0v) is 9.77. The molecule has 1 heterocycles. The van der Waals surface area contributed by atoms with E-state index in [1.807, 2.05) is 0 Å². The van der Waals surface area contributed by atoms with Crippen molar-refractivity contribution < 1.29 is 13.2 Å². The fourth-order valence-electron chi connectivity index (χ4n) is 2.40. The second kappa shape index (κ2) is 4.69. The topological polar surface area (TPSA) is 12.0 Å². The molecule has 2 rings (SSSR count). The van der Waals surface area contributed by atoms with E-state index in [9.17, 15) is 13.2 Å². The van der Waals surface area contributed by atoms with Crippen LogP contribution in [0.3, 0.4) is 0 Å². The highest BCUT2D eigenvalue weighted by molar-refractivity contribution is 5.36. The third-order valence-corrected chi connectivity index (χ3v) is 3.29. The average Bonchev–Trinajstić information content (AvgIpc) is 2.29. The summed E-state index contributed by atoms with van der Waals surface area (Å²) in [5, 5.41) is 3.17. The third-order valence-electron chi connectivity index (χ3n) is 3.29. The molecule has 0 atom stereocenters. The van der Waals surface area contributed by atoms with Crippen LogP contribution in [0.15, 0.2) is 18.2 Å². The lowest BCUT2D eigenvalue weighted by Gasteiger charge is -2.26. The highest BCUT2D eigenvalue weighted by Crippen LogP contribution is 2.38. The van der Waals surface area contributed by atoms with E-state index in [-0.39, 0.29) is 5.92 Å². The fourth-order valence-corrected chi connectivity index (χ4v) is 2.40. The summed E-state index contributed by atoms with van der Waals surface area (Å²) in [4.78, 5) is 0. The quantitative estimate of drug-likeness (QED) is 0.796. The summed E-state index contributed by atoms with van der Waals surface area (Å²) in [6, 6.07) is 4.68. The second-order valence-corrected chi connectivity index (χ2v) is 4.61. The van der Waals surface area contributed by atoms with Gasteiger partial charge in [0.15, 0.2) is 0 Å². The van der Waals surface area contributed by atoms with Crippen molar-refractivity contribution in [2.24, 2.45) is 0 Å². The molecule has 17 heavy (non-hydrogen) atoms. The second-order valence-electron chi connectivity index (χ2n) is 4.61. The smallest absolute Gasteiger partial charge is 0.317 e. The number of alkyl halides is 3. The van der Waals surface area contributed by atoms with Crippen molar-refractivity contribution in [1.82, 2.24) is 5.32 Å². The lowest BCUT2D eigenvalue weighted by molar-refractivity contribution is -0.138. The maximum absolute atomic E-state index is 13.0. The van der Waals surface area contributed by atoms with Gasteiger partial charge in [-0.25, -0.2) is 0 Å². The van der Waals surface area contributed by atoms with Crippen molar-refractivity contribution in [3.8, 4) is 0 Å². The van der Waals surface area contributed by atoms with E-state index in [0.717, 1.165) is 25.9 Å². The Kier molecular flexibility index (Phi) is 3.43. The van der Waals surface area contributed by atoms with Crippen LogP contribution in [0, 0.1) is 6.92 Å². The van der Waals surface area contributed by atoms with Crippen molar-refractivity contribution in [1.29, 1.82) is 0 Å². The number of benzene rings is 1. The molecule has 0 unspecified atom stereocenters. The molecule has 0 amide bonds.